The number of carbonyl (C=O) groups excluding carboxylic acids is 1. The number of methoxy groups -OCH3 is 1. The maximum Gasteiger partial charge on any atom is 0.230 e. The summed E-state index contributed by atoms with van der Waals surface area (Å²) >= 11 is 1.60. The van der Waals surface area contributed by atoms with E-state index in [0.717, 1.165) is 11.3 Å². The number of amides is 1. The zero-order valence-corrected chi connectivity index (χ0v) is 12.6. The Morgan fingerprint density at radius 3 is 3.00 bits per heavy atom. The molecule has 0 atom stereocenters. The van der Waals surface area contributed by atoms with Crippen molar-refractivity contribution in [1.29, 1.82) is 0 Å². The second-order valence-electron chi connectivity index (χ2n) is 4.58. The number of thioether (sulfide) groups is 1. The standard InChI is InChI=1S/C14H18N2O3S/c1-9(2)20-8-13(17)15-7-14-16-11-6-10(18-3)4-5-12(11)19-14/h4-6,9H,7-8H2,1-3H3,(H,15,17). The maximum atomic E-state index is 11.6. The van der Waals surface area contributed by atoms with Crippen LogP contribution < -0.4 is 10.1 Å². The minimum absolute atomic E-state index is 0.0106. The summed E-state index contributed by atoms with van der Waals surface area (Å²) < 4.78 is 10.7. The highest BCUT2D eigenvalue weighted by molar-refractivity contribution is 8.00. The minimum atomic E-state index is -0.0106. The molecule has 0 aliphatic heterocycles. The van der Waals surface area contributed by atoms with Crippen molar-refractivity contribution >= 4 is 28.8 Å². The third-order valence-corrected chi connectivity index (χ3v) is 3.72. The Hall–Kier alpha value is -1.69. The van der Waals surface area contributed by atoms with E-state index in [0.29, 0.717) is 29.0 Å². The fraction of sp³-hybridized carbons (Fsp3) is 0.429. The van der Waals surface area contributed by atoms with E-state index in [2.05, 4.69) is 24.1 Å². The molecule has 108 valence electrons. The van der Waals surface area contributed by atoms with E-state index in [4.69, 9.17) is 9.15 Å². The van der Waals surface area contributed by atoms with E-state index >= 15 is 0 Å². The molecule has 0 bridgehead atoms. The molecule has 1 amide bonds. The predicted molar refractivity (Wildman–Crippen MR) is 80.0 cm³/mol. The van der Waals surface area contributed by atoms with Crippen LogP contribution in [0.4, 0.5) is 0 Å². The molecule has 20 heavy (non-hydrogen) atoms. The number of nitrogens with zero attached hydrogens (tertiary/aromatic N) is 1. The quantitative estimate of drug-likeness (QED) is 0.887. The molecular weight excluding hydrogens is 276 g/mol. The number of rotatable bonds is 6. The summed E-state index contributed by atoms with van der Waals surface area (Å²) in [6.45, 7) is 4.42. The van der Waals surface area contributed by atoms with Crippen molar-refractivity contribution in [1.82, 2.24) is 10.3 Å². The van der Waals surface area contributed by atoms with E-state index < -0.39 is 0 Å². The van der Waals surface area contributed by atoms with Crippen molar-refractivity contribution in [2.24, 2.45) is 0 Å². The lowest BCUT2D eigenvalue weighted by Crippen LogP contribution is -2.25. The van der Waals surface area contributed by atoms with E-state index in [9.17, 15) is 4.79 Å². The molecule has 0 fully saturated rings. The third-order valence-electron chi connectivity index (χ3n) is 2.62. The van der Waals surface area contributed by atoms with Crippen LogP contribution in [0.3, 0.4) is 0 Å². The summed E-state index contributed by atoms with van der Waals surface area (Å²) in [4.78, 5) is 15.9. The number of hydrogen-bond acceptors (Lipinski definition) is 5. The molecule has 1 aromatic carbocycles. The Labute approximate surface area is 122 Å². The van der Waals surface area contributed by atoms with Crippen LogP contribution in [0, 0.1) is 0 Å². The SMILES string of the molecule is COc1ccc2oc(CNC(=O)CSC(C)C)nc2c1. The number of ether oxygens (including phenoxy) is 1. The van der Waals surface area contributed by atoms with Crippen molar-refractivity contribution < 1.29 is 13.9 Å². The van der Waals surface area contributed by atoms with Gasteiger partial charge in [-0.15, -0.1) is 11.8 Å². The van der Waals surface area contributed by atoms with Crippen LogP contribution in [-0.2, 0) is 11.3 Å². The van der Waals surface area contributed by atoms with Crippen LogP contribution in [0.15, 0.2) is 22.6 Å². The molecule has 0 aliphatic carbocycles. The molecule has 1 N–H and O–H groups in total. The van der Waals surface area contributed by atoms with Crippen LogP contribution in [0.5, 0.6) is 5.75 Å². The van der Waals surface area contributed by atoms with Gasteiger partial charge in [-0.05, 0) is 17.4 Å². The van der Waals surface area contributed by atoms with Gasteiger partial charge in [0, 0.05) is 6.07 Å². The van der Waals surface area contributed by atoms with Crippen LogP contribution in [0.25, 0.3) is 11.1 Å². The smallest absolute Gasteiger partial charge is 0.230 e. The van der Waals surface area contributed by atoms with Crippen molar-refractivity contribution in [2.75, 3.05) is 12.9 Å². The number of carbonyl (C=O) groups is 1. The van der Waals surface area contributed by atoms with Gasteiger partial charge in [0.1, 0.15) is 11.3 Å². The molecule has 0 aliphatic rings. The largest absolute Gasteiger partial charge is 0.497 e. The molecule has 0 spiro atoms. The third kappa shape index (κ3) is 3.90. The average Bonchev–Trinajstić information content (AvgIpc) is 2.84. The van der Waals surface area contributed by atoms with Gasteiger partial charge < -0.3 is 14.5 Å². The highest BCUT2D eigenvalue weighted by atomic mass is 32.2. The lowest BCUT2D eigenvalue weighted by molar-refractivity contribution is -0.118. The lowest BCUT2D eigenvalue weighted by Gasteiger charge is -2.04. The molecule has 5 nitrogen and oxygen atoms in total. The number of oxazole rings is 1. The molecule has 0 saturated carbocycles. The molecule has 0 radical (unpaired) electrons. The van der Waals surface area contributed by atoms with Gasteiger partial charge in [-0.2, -0.15) is 0 Å². The molecule has 1 heterocycles. The normalized spacial score (nSPS) is 11.0. The number of hydrogen-bond donors (Lipinski definition) is 1. The molecule has 2 aromatic rings. The fourth-order valence-corrected chi connectivity index (χ4v) is 2.21. The van der Waals surface area contributed by atoms with Crippen molar-refractivity contribution in [3.8, 4) is 5.75 Å². The first-order chi connectivity index (χ1) is 9.58. The second kappa shape index (κ2) is 6.65. The number of fused-ring (bicyclic) bond motifs is 1. The lowest BCUT2D eigenvalue weighted by atomic mass is 10.3. The van der Waals surface area contributed by atoms with Crippen molar-refractivity contribution in [3.05, 3.63) is 24.1 Å². The summed E-state index contributed by atoms with van der Waals surface area (Å²) in [5.74, 6) is 1.67. The summed E-state index contributed by atoms with van der Waals surface area (Å²) in [7, 11) is 1.61. The van der Waals surface area contributed by atoms with Gasteiger partial charge in [-0.3, -0.25) is 4.79 Å². The zero-order chi connectivity index (χ0) is 14.5. The van der Waals surface area contributed by atoms with Crippen LogP contribution >= 0.6 is 11.8 Å². The first kappa shape index (κ1) is 14.7. The summed E-state index contributed by atoms with van der Waals surface area (Å²) in [5, 5.41) is 3.24. The van der Waals surface area contributed by atoms with E-state index in [-0.39, 0.29) is 5.91 Å². The molecular formula is C14H18N2O3S. The molecule has 2 rings (SSSR count). The summed E-state index contributed by atoms with van der Waals surface area (Å²) in [5.41, 5.74) is 1.41. The first-order valence-corrected chi connectivity index (χ1v) is 7.45. The minimum Gasteiger partial charge on any atom is -0.497 e. The molecule has 6 heteroatoms. The second-order valence-corrected chi connectivity index (χ2v) is 6.14. The van der Waals surface area contributed by atoms with Gasteiger partial charge in [-0.25, -0.2) is 4.98 Å². The van der Waals surface area contributed by atoms with Gasteiger partial charge in [0.2, 0.25) is 11.8 Å². The van der Waals surface area contributed by atoms with E-state index in [1.165, 1.54) is 0 Å². The first-order valence-electron chi connectivity index (χ1n) is 6.40. The van der Waals surface area contributed by atoms with E-state index in [1.807, 2.05) is 6.07 Å². The Kier molecular flexibility index (Phi) is 4.89. The number of nitrogens with one attached hydrogen (secondary N) is 1. The van der Waals surface area contributed by atoms with Crippen LogP contribution in [-0.4, -0.2) is 29.0 Å². The summed E-state index contributed by atoms with van der Waals surface area (Å²) in [6, 6.07) is 5.43. The highest BCUT2D eigenvalue weighted by Gasteiger charge is 2.09. The Bertz CT molecular complexity index is 595. The fourth-order valence-electron chi connectivity index (χ4n) is 1.63. The zero-order valence-electron chi connectivity index (χ0n) is 11.8. The maximum absolute atomic E-state index is 11.6. The Morgan fingerprint density at radius 1 is 1.50 bits per heavy atom. The topological polar surface area (TPSA) is 64.4 Å². The molecule has 0 saturated heterocycles. The van der Waals surface area contributed by atoms with Gasteiger partial charge in [0.05, 0.1) is 19.4 Å². The van der Waals surface area contributed by atoms with E-state index in [1.54, 1.807) is 31.0 Å². The predicted octanol–water partition coefficient (Wildman–Crippen LogP) is 2.59. The van der Waals surface area contributed by atoms with Gasteiger partial charge >= 0.3 is 0 Å². The molecule has 0 unspecified atom stereocenters. The molecule has 1 aromatic heterocycles. The van der Waals surface area contributed by atoms with Crippen molar-refractivity contribution in [3.63, 3.8) is 0 Å². The van der Waals surface area contributed by atoms with Crippen LogP contribution in [0.2, 0.25) is 0 Å². The van der Waals surface area contributed by atoms with Gasteiger partial charge in [-0.1, -0.05) is 13.8 Å². The van der Waals surface area contributed by atoms with Crippen LogP contribution in [0.1, 0.15) is 19.7 Å². The van der Waals surface area contributed by atoms with Gasteiger partial charge in [0.15, 0.2) is 5.58 Å². The van der Waals surface area contributed by atoms with Gasteiger partial charge in [0.25, 0.3) is 0 Å². The average molecular weight is 294 g/mol. The van der Waals surface area contributed by atoms with Crippen molar-refractivity contribution in [2.45, 2.75) is 25.6 Å². The number of aromatic nitrogens is 1. The monoisotopic (exact) mass is 294 g/mol. The highest BCUT2D eigenvalue weighted by Crippen LogP contribution is 2.21. The number of benzene rings is 1. The summed E-state index contributed by atoms with van der Waals surface area (Å²) in [6.07, 6.45) is 0. The Morgan fingerprint density at radius 2 is 2.30 bits per heavy atom. The Balaban J connectivity index is 1.94.